The standard InChI is InChI=1S/C15H28O/c1-15(2,3)12-8-10-14(11-9-12)16-13-6-4-5-7-13/h12-14H,4-11H2,1-3H3. The van der Waals surface area contributed by atoms with Crippen LogP contribution in [-0.2, 0) is 4.74 Å². The van der Waals surface area contributed by atoms with Gasteiger partial charge in [-0.2, -0.15) is 0 Å². The minimum absolute atomic E-state index is 0.498. The molecule has 0 radical (unpaired) electrons. The number of hydrogen-bond donors (Lipinski definition) is 0. The van der Waals surface area contributed by atoms with Gasteiger partial charge in [-0.15, -0.1) is 0 Å². The van der Waals surface area contributed by atoms with Crippen LogP contribution in [0.1, 0.15) is 72.1 Å². The largest absolute Gasteiger partial charge is 0.375 e. The Kier molecular flexibility index (Phi) is 3.94. The first-order chi connectivity index (χ1) is 7.55. The molecule has 0 aromatic carbocycles. The molecule has 0 spiro atoms. The Balaban J connectivity index is 1.72. The van der Waals surface area contributed by atoms with Gasteiger partial charge >= 0.3 is 0 Å². The first-order valence-corrected chi connectivity index (χ1v) is 7.21. The highest BCUT2D eigenvalue weighted by Crippen LogP contribution is 2.39. The Bertz CT molecular complexity index is 202. The van der Waals surface area contributed by atoms with E-state index in [-0.39, 0.29) is 0 Å². The van der Waals surface area contributed by atoms with Crippen LogP contribution in [0.3, 0.4) is 0 Å². The average molecular weight is 224 g/mol. The Labute approximate surface area is 101 Å². The first-order valence-electron chi connectivity index (χ1n) is 7.21. The summed E-state index contributed by atoms with van der Waals surface area (Å²) in [6, 6.07) is 0. The highest BCUT2D eigenvalue weighted by Gasteiger charge is 2.31. The lowest BCUT2D eigenvalue weighted by Crippen LogP contribution is -2.30. The van der Waals surface area contributed by atoms with E-state index >= 15 is 0 Å². The highest BCUT2D eigenvalue weighted by atomic mass is 16.5. The van der Waals surface area contributed by atoms with Gasteiger partial charge in [0.15, 0.2) is 0 Å². The second kappa shape index (κ2) is 5.08. The van der Waals surface area contributed by atoms with Crippen LogP contribution >= 0.6 is 0 Å². The van der Waals surface area contributed by atoms with Crippen LogP contribution in [0, 0.1) is 11.3 Å². The Hall–Kier alpha value is -0.0400. The molecule has 2 saturated carbocycles. The normalized spacial score (nSPS) is 33.2. The summed E-state index contributed by atoms with van der Waals surface area (Å²) in [6.45, 7) is 7.15. The second-order valence-electron chi connectivity index (χ2n) is 6.88. The molecule has 0 N–H and O–H groups in total. The smallest absolute Gasteiger partial charge is 0.0579 e. The molecule has 2 fully saturated rings. The van der Waals surface area contributed by atoms with Crippen LogP contribution in [-0.4, -0.2) is 12.2 Å². The average Bonchev–Trinajstić information content (AvgIpc) is 2.70. The molecule has 0 aliphatic heterocycles. The maximum Gasteiger partial charge on any atom is 0.0579 e. The van der Waals surface area contributed by atoms with Crippen LogP contribution in [0.15, 0.2) is 0 Å². The van der Waals surface area contributed by atoms with Crippen molar-refractivity contribution in [1.82, 2.24) is 0 Å². The third-order valence-electron chi connectivity index (χ3n) is 4.59. The zero-order valence-electron chi connectivity index (χ0n) is 11.3. The Morgan fingerprint density at radius 2 is 1.25 bits per heavy atom. The topological polar surface area (TPSA) is 9.23 Å². The molecule has 2 rings (SSSR count). The van der Waals surface area contributed by atoms with E-state index in [4.69, 9.17) is 4.74 Å². The number of hydrogen-bond acceptors (Lipinski definition) is 1. The van der Waals surface area contributed by atoms with Crippen molar-refractivity contribution >= 4 is 0 Å². The van der Waals surface area contributed by atoms with Gasteiger partial charge in [0.1, 0.15) is 0 Å². The molecule has 0 unspecified atom stereocenters. The SMILES string of the molecule is CC(C)(C)C1CCC(OC2CCCC2)CC1. The fraction of sp³-hybridized carbons (Fsp3) is 1.00. The Morgan fingerprint density at radius 3 is 1.75 bits per heavy atom. The van der Waals surface area contributed by atoms with Crippen molar-refractivity contribution in [2.75, 3.05) is 0 Å². The van der Waals surface area contributed by atoms with Crippen molar-refractivity contribution in [3.63, 3.8) is 0 Å². The molecule has 0 aromatic heterocycles. The van der Waals surface area contributed by atoms with E-state index in [2.05, 4.69) is 20.8 Å². The molecule has 2 aliphatic carbocycles. The van der Waals surface area contributed by atoms with Crippen molar-refractivity contribution in [3.8, 4) is 0 Å². The maximum absolute atomic E-state index is 6.21. The van der Waals surface area contributed by atoms with E-state index < -0.39 is 0 Å². The van der Waals surface area contributed by atoms with Gasteiger partial charge in [-0.25, -0.2) is 0 Å². The van der Waals surface area contributed by atoms with Crippen LogP contribution in [0.4, 0.5) is 0 Å². The summed E-state index contributed by atoms with van der Waals surface area (Å²) in [4.78, 5) is 0. The summed E-state index contributed by atoms with van der Waals surface area (Å²) >= 11 is 0. The quantitative estimate of drug-likeness (QED) is 0.668. The summed E-state index contributed by atoms with van der Waals surface area (Å²) in [5, 5.41) is 0. The second-order valence-corrected chi connectivity index (χ2v) is 6.88. The van der Waals surface area contributed by atoms with Crippen LogP contribution in [0.5, 0.6) is 0 Å². The van der Waals surface area contributed by atoms with Gasteiger partial charge in [-0.3, -0.25) is 0 Å². The fourth-order valence-electron chi connectivity index (χ4n) is 3.36. The molecular weight excluding hydrogens is 196 g/mol. The monoisotopic (exact) mass is 224 g/mol. The van der Waals surface area contributed by atoms with Crippen molar-refractivity contribution in [3.05, 3.63) is 0 Å². The van der Waals surface area contributed by atoms with Gasteiger partial charge in [0, 0.05) is 0 Å². The molecule has 0 heterocycles. The molecule has 94 valence electrons. The van der Waals surface area contributed by atoms with Gasteiger partial charge in [0.25, 0.3) is 0 Å². The highest BCUT2D eigenvalue weighted by molar-refractivity contribution is 4.82. The molecule has 0 aromatic rings. The van der Waals surface area contributed by atoms with E-state index in [1.54, 1.807) is 0 Å². The zero-order chi connectivity index (χ0) is 11.6. The third kappa shape index (κ3) is 3.23. The maximum atomic E-state index is 6.21. The molecule has 0 atom stereocenters. The van der Waals surface area contributed by atoms with E-state index in [1.165, 1.54) is 51.4 Å². The lowest BCUT2D eigenvalue weighted by molar-refractivity contribution is -0.0411. The summed E-state index contributed by atoms with van der Waals surface area (Å²) in [5.74, 6) is 0.913. The van der Waals surface area contributed by atoms with Gasteiger partial charge < -0.3 is 4.74 Å². The van der Waals surface area contributed by atoms with Gasteiger partial charge in [0.05, 0.1) is 12.2 Å². The van der Waals surface area contributed by atoms with Crippen molar-refractivity contribution in [2.24, 2.45) is 11.3 Å². The zero-order valence-corrected chi connectivity index (χ0v) is 11.3. The summed E-state index contributed by atoms with van der Waals surface area (Å²) in [6.07, 6.45) is 12.0. The fourth-order valence-corrected chi connectivity index (χ4v) is 3.36. The predicted octanol–water partition coefficient (Wildman–Crippen LogP) is 4.55. The molecule has 0 bridgehead atoms. The molecule has 16 heavy (non-hydrogen) atoms. The van der Waals surface area contributed by atoms with E-state index in [0.717, 1.165) is 5.92 Å². The first kappa shape index (κ1) is 12.4. The van der Waals surface area contributed by atoms with Crippen molar-refractivity contribution in [2.45, 2.75) is 84.3 Å². The predicted molar refractivity (Wildman–Crippen MR) is 68.5 cm³/mol. The van der Waals surface area contributed by atoms with Crippen LogP contribution in [0.2, 0.25) is 0 Å². The van der Waals surface area contributed by atoms with Gasteiger partial charge in [0.2, 0.25) is 0 Å². The lowest BCUT2D eigenvalue weighted by atomic mass is 9.72. The van der Waals surface area contributed by atoms with Crippen molar-refractivity contribution in [1.29, 1.82) is 0 Å². The molecule has 1 heteroatoms. The summed E-state index contributed by atoms with van der Waals surface area (Å²) < 4.78 is 6.21. The minimum atomic E-state index is 0.498. The molecular formula is C15H28O. The van der Waals surface area contributed by atoms with Gasteiger partial charge in [-0.1, -0.05) is 33.6 Å². The van der Waals surface area contributed by atoms with E-state index in [0.29, 0.717) is 17.6 Å². The van der Waals surface area contributed by atoms with Gasteiger partial charge in [-0.05, 0) is 49.9 Å². The Morgan fingerprint density at radius 1 is 0.750 bits per heavy atom. The van der Waals surface area contributed by atoms with Crippen molar-refractivity contribution < 1.29 is 4.74 Å². The number of rotatable bonds is 2. The number of ether oxygens (including phenoxy) is 1. The molecule has 0 saturated heterocycles. The lowest BCUT2D eigenvalue weighted by Gasteiger charge is -2.37. The molecule has 0 amide bonds. The third-order valence-corrected chi connectivity index (χ3v) is 4.59. The van der Waals surface area contributed by atoms with E-state index in [1.807, 2.05) is 0 Å². The summed E-state index contributed by atoms with van der Waals surface area (Å²) in [5.41, 5.74) is 0.498. The minimum Gasteiger partial charge on any atom is -0.375 e. The molecule has 1 nitrogen and oxygen atoms in total. The summed E-state index contributed by atoms with van der Waals surface area (Å²) in [7, 11) is 0. The van der Waals surface area contributed by atoms with Crippen LogP contribution in [0.25, 0.3) is 0 Å². The molecule has 2 aliphatic rings. The van der Waals surface area contributed by atoms with Crippen LogP contribution < -0.4 is 0 Å². The van der Waals surface area contributed by atoms with E-state index in [9.17, 15) is 0 Å².